The smallest absolute Gasteiger partial charge is 0.119 e. The van der Waals surface area contributed by atoms with E-state index >= 15 is 0 Å². The molecule has 0 aromatic heterocycles. The molecular weight excluding hydrogens is 310 g/mol. The first-order valence-corrected chi connectivity index (χ1v) is 8.43. The number of hydrogen-bond donors (Lipinski definition) is 1. The van der Waals surface area contributed by atoms with Gasteiger partial charge in [-0.3, -0.25) is 4.90 Å². The van der Waals surface area contributed by atoms with Crippen molar-refractivity contribution in [1.29, 1.82) is 0 Å². The van der Waals surface area contributed by atoms with Crippen molar-refractivity contribution in [3.8, 4) is 5.75 Å². The highest BCUT2D eigenvalue weighted by atomic mass is 35.5. The number of nitrogens with zero attached hydrogens (tertiary/aromatic N) is 1. The van der Waals surface area contributed by atoms with Crippen molar-refractivity contribution in [2.45, 2.75) is 31.5 Å². The minimum atomic E-state index is -0.505. The number of rotatable bonds is 8. The van der Waals surface area contributed by atoms with Crippen LogP contribution in [0.1, 0.15) is 18.4 Å². The van der Waals surface area contributed by atoms with Crippen LogP contribution >= 0.6 is 11.6 Å². The van der Waals surface area contributed by atoms with Crippen LogP contribution in [0.25, 0.3) is 0 Å². The summed E-state index contributed by atoms with van der Waals surface area (Å²) in [5.74, 6) is 0.731. The first-order chi connectivity index (χ1) is 11.2. The second-order valence-corrected chi connectivity index (χ2v) is 6.50. The summed E-state index contributed by atoms with van der Waals surface area (Å²) in [5, 5.41) is 11.0. The fourth-order valence-corrected chi connectivity index (χ4v) is 2.77. The van der Waals surface area contributed by atoms with E-state index in [1.807, 2.05) is 18.2 Å². The molecule has 0 spiro atoms. The van der Waals surface area contributed by atoms with Crippen molar-refractivity contribution in [3.63, 3.8) is 0 Å². The first kappa shape index (κ1) is 16.3. The number of ether oxygens (including phenoxy) is 1. The lowest BCUT2D eigenvalue weighted by Crippen LogP contribution is -2.36. The van der Waals surface area contributed by atoms with Gasteiger partial charge in [0.25, 0.3) is 0 Å². The van der Waals surface area contributed by atoms with E-state index in [1.165, 1.54) is 18.4 Å². The highest BCUT2D eigenvalue weighted by Gasteiger charge is 2.30. The monoisotopic (exact) mass is 331 g/mol. The van der Waals surface area contributed by atoms with E-state index in [2.05, 4.69) is 29.2 Å². The fraction of sp³-hybridized carbons (Fsp3) is 0.368. The molecule has 0 bridgehead atoms. The van der Waals surface area contributed by atoms with Gasteiger partial charge in [0, 0.05) is 24.2 Å². The Morgan fingerprint density at radius 2 is 1.78 bits per heavy atom. The lowest BCUT2D eigenvalue weighted by atomic mass is 10.2. The third kappa shape index (κ3) is 5.24. The summed E-state index contributed by atoms with van der Waals surface area (Å²) in [7, 11) is 0. The Morgan fingerprint density at radius 1 is 1.09 bits per heavy atom. The molecule has 0 amide bonds. The van der Waals surface area contributed by atoms with Crippen molar-refractivity contribution in [2.75, 3.05) is 13.2 Å². The molecule has 1 atom stereocenters. The molecule has 3 rings (SSSR count). The molecule has 2 aromatic rings. The standard InChI is InChI=1S/C19H22ClNO2/c20-16-6-10-19(11-7-16)23-14-18(22)13-21(17-8-9-17)12-15-4-2-1-3-5-15/h1-7,10-11,17-18,22H,8-9,12-14H2. The Morgan fingerprint density at radius 3 is 2.43 bits per heavy atom. The van der Waals surface area contributed by atoms with Crippen LogP contribution in [0.5, 0.6) is 5.75 Å². The van der Waals surface area contributed by atoms with Gasteiger partial charge < -0.3 is 9.84 Å². The molecule has 2 aromatic carbocycles. The van der Waals surface area contributed by atoms with Crippen molar-refractivity contribution in [2.24, 2.45) is 0 Å². The zero-order chi connectivity index (χ0) is 16.1. The Balaban J connectivity index is 1.50. The fourth-order valence-electron chi connectivity index (χ4n) is 2.65. The Hall–Kier alpha value is -1.55. The maximum atomic E-state index is 10.3. The van der Waals surface area contributed by atoms with E-state index in [9.17, 15) is 5.11 Å². The average Bonchev–Trinajstić information content (AvgIpc) is 3.40. The summed E-state index contributed by atoms with van der Waals surface area (Å²) in [6.07, 6.45) is 1.94. The van der Waals surface area contributed by atoms with Gasteiger partial charge in [0.1, 0.15) is 18.5 Å². The maximum absolute atomic E-state index is 10.3. The van der Waals surface area contributed by atoms with Crippen molar-refractivity contribution in [1.82, 2.24) is 4.90 Å². The summed E-state index contributed by atoms with van der Waals surface area (Å²) < 4.78 is 5.64. The third-order valence-corrected chi connectivity index (χ3v) is 4.25. The van der Waals surface area contributed by atoms with Crippen molar-refractivity contribution < 1.29 is 9.84 Å². The summed E-state index contributed by atoms with van der Waals surface area (Å²) >= 11 is 5.85. The van der Waals surface area contributed by atoms with Crippen LogP contribution in [0.3, 0.4) is 0 Å². The number of benzene rings is 2. The quantitative estimate of drug-likeness (QED) is 0.799. The maximum Gasteiger partial charge on any atom is 0.119 e. The summed E-state index contributed by atoms with van der Waals surface area (Å²) in [6, 6.07) is 18.2. The van der Waals surface area contributed by atoms with Gasteiger partial charge in [0.05, 0.1) is 0 Å². The second-order valence-electron chi connectivity index (χ2n) is 6.06. The first-order valence-electron chi connectivity index (χ1n) is 8.05. The normalized spacial score (nSPS) is 15.6. The lowest BCUT2D eigenvalue weighted by molar-refractivity contribution is 0.0626. The number of aliphatic hydroxyl groups excluding tert-OH is 1. The topological polar surface area (TPSA) is 32.7 Å². The highest BCUT2D eigenvalue weighted by Crippen LogP contribution is 2.28. The van der Waals surface area contributed by atoms with Crippen LogP contribution in [0, 0.1) is 0 Å². The minimum Gasteiger partial charge on any atom is -0.491 e. The molecular formula is C19H22ClNO2. The largest absolute Gasteiger partial charge is 0.491 e. The summed E-state index contributed by atoms with van der Waals surface area (Å²) in [4.78, 5) is 2.35. The molecule has 1 fully saturated rings. The molecule has 1 N–H and O–H groups in total. The highest BCUT2D eigenvalue weighted by molar-refractivity contribution is 6.30. The van der Waals surface area contributed by atoms with Crippen LogP contribution in [0.4, 0.5) is 0 Å². The van der Waals surface area contributed by atoms with Crippen LogP contribution in [-0.2, 0) is 6.54 Å². The van der Waals surface area contributed by atoms with E-state index in [4.69, 9.17) is 16.3 Å². The molecule has 1 unspecified atom stereocenters. The van der Waals surface area contributed by atoms with E-state index in [0.29, 0.717) is 24.2 Å². The molecule has 23 heavy (non-hydrogen) atoms. The predicted octanol–water partition coefficient (Wildman–Crippen LogP) is 3.74. The van der Waals surface area contributed by atoms with Gasteiger partial charge in [-0.1, -0.05) is 41.9 Å². The van der Waals surface area contributed by atoms with Crippen LogP contribution in [0.2, 0.25) is 5.02 Å². The summed E-state index contributed by atoms with van der Waals surface area (Å²) in [5.41, 5.74) is 1.28. The Bertz CT molecular complexity index is 599. The van der Waals surface area contributed by atoms with E-state index in [1.54, 1.807) is 12.1 Å². The van der Waals surface area contributed by atoms with Gasteiger partial charge in [-0.15, -0.1) is 0 Å². The zero-order valence-electron chi connectivity index (χ0n) is 13.1. The van der Waals surface area contributed by atoms with Gasteiger partial charge in [-0.2, -0.15) is 0 Å². The zero-order valence-corrected chi connectivity index (χ0v) is 13.8. The Kier molecular flexibility index (Phi) is 5.55. The SMILES string of the molecule is OC(COc1ccc(Cl)cc1)CN(Cc1ccccc1)C1CC1. The van der Waals surface area contributed by atoms with E-state index in [-0.39, 0.29) is 0 Å². The number of hydrogen-bond acceptors (Lipinski definition) is 3. The average molecular weight is 332 g/mol. The van der Waals surface area contributed by atoms with Crippen molar-refractivity contribution in [3.05, 3.63) is 65.2 Å². The lowest BCUT2D eigenvalue weighted by Gasteiger charge is -2.25. The minimum absolute atomic E-state index is 0.291. The van der Waals surface area contributed by atoms with Gasteiger partial charge in [0.2, 0.25) is 0 Å². The molecule has 0 heterocycles. The van der Waals surface area contributed by atoms with Crippen LogP contribution < -0.4 is 4.74 Å². The van der Waals surface area contributed by atoms with Gasteiger partial charge in [-0.25, -0.2) is 0 Å². The molecule has 4 heteroatoms. The predicted molar refractivity (Wildman–Crippen MR) is 92.8 cm³/mol. The molecule has 1 saturated carbocycles. The second kappa shape index (κ2) is 7.82. The van der Waals surface area contributed by atoms with Gasteiger partial charge in [0.15, 0.2) is 0 Å². The molecule has 122 valence electrons. The molecule has 1 aliphatic carbocycles. The van der Waals surface area contributed by atoms with Crippen molar-refractivity contribution >= 4 is 11.6 Å². The van der Waals surface area contributed by atoms with Gasteiger partial charge >= 0.3 is 0 Å². The van der Waals surface area contributed by atoms with Crippen LogP contribution in [0.15, 0.2) is 54.6 Å². The number of aliphatic hydroxyl groups is 1. The molecule has 0 radical (unpaired) electrons. The Labute approximate surface area is 142 Å². The third-order valence-electron chi connectivity index (χ3n) is 3.99. The van der Waals surface area contributed by atoms with E-state index < -0.39 is 6.10 Å². The van der Waals surface area contributed by atoms with Crippen LogP contribution in [-0.4, -0.2) is 35.3 Å². The summed E-state index contributed by atoms with van der Waals surface area (Å²) in [6.45, 7) is 1.80. The number of halogens is 1. The van der Waals surface area contributed by atoms with Gasteiger partial charge in [-0.05, 0) is 42.7 Å². The molecule has 3 nitrogen and oxygen atoms in total. The molecule has 0 saturated heterocycles. The molecule has 1 aliphatic rings. The molecule has 0 aliphatic heterocycles. The van der Waals surface area contributed by atoms with E-state index in [0.717, 1.165) is 12.3 Å².